The van der Waals surface area contributed by atoms with Gasteiger partial charge in [0.25, 0.3) is 0 Å². The lowest BCUT2D eigenvalue weighted by Gasteiger charge is -2.40. The Morgan fingerprint density at radius 2 is 2.00 bits per heavy atom. The molecule has 0 saturated carbocycles. The van der Waals surface area contributed by atoms with Gasteiger partial charge in [0.1, 0.15) is 0 Å². The molecule has 0 unspecified atom stereocenters. The zero-order valence-corrected chi connectivity index (χ0v) is 11.9. The van der Waals surface area contributed by atoms with Crippen molar-refractivity contribution >= 4 is 22.1 Å². The Hall–Kier alpha value is -1.85. The molecule has 2 N–H and O–H groups in total. The molecule has 5 nitrogen and oxygen atoms in total. The monoisotopic (exact) mass is 285 g/mol. The van der Waals surface area contributed by atoms with E-state index in [0.29, 0.717) is 13.2 Å². The Kier molecular flexibility index (Phi) is 2.97. The molecule has 2 aliphatic heterocycles. The van der Waals surface area contributed by atoms with Gasteiger partial charge in [-0.3, -0.25) is 4.98 Å². The number of piperidine rings is 1. The van der Waals surface area contributed by atoms with Crippen molar-refractivity contribution in [2.24, 2.45) is 0 Å². The lowest BCUT2D eigenvalue weighted by atomic mass is 10.0. The summed E-state index contributed by atoms with van der Waals surface area (Å²) in [5.74, 6) is -0.422. The van der Waals surface area contributed by atoms with Crippen LogP contribution in [0.15, 0.2) is 30.6 Å². The molecule has 110 valence electrons. The van der Waals surface area contributed by atoms with Crippen molar-refractivity contribution in [1.29, 1.82) is 0 Å². The molecule has 4 rings (SSSR count). The fourth-order valence-electron chi connectivity index (χ4n) is 3.40. The molecule has 0 amide bonds. The lowest BCUT2D eigenvalue weighted by molar-refractivity contribution is -0.161. The first kappa shape index (κ1) is 12.9. The van der Waals surface area contributed by atoms with Crippen LogP contribution in [0.4, 0.5) is 11.4 Å². The number of aromatic nitrogens is 1. The van der Waals surface area contributed by atoms with E-state index >= 15 is 0 Å². The van der Waals surface area contributed by atoms with Crippen LogP contribution in [0.1, 0.15) is 12.8 Å². The number of fused-ring (bicyclic) bond motifs is 1. The summed E-state index contributed by atoms with van der Waals surface area (Å²) in [4.78, 5) is 6.59. The van der Waals surface area contributed by atoms with E-state index in [2.05, 4.69) is 16.0 Å². The number of benzene rings is 1. The van der Waals surface area contributed by atoms with Crippen LogP contribution >= 0.6 is 0 Å². The van der Waals surface area contributed by atoms with Gasteiger partial charge < -0.3 is 20.1 Å². The summed E-state index contributed by atoms with van der Waals surface area (Å²) in [7, 11) is 0. The fourth-order valence-corrected chi connectivity index (χ4v) is 3.40. The van der Waals surface area contributed by atoms with Crippen LogP contribution in [0.2, 0.25) is 0 Å². The summed E-state index contributed by atoms with van der Waals surface area (Å²) in [6.45, 7) is 3.15. The first-order valence-electron chi connectivity index (χ1n) is 7.43. The molecule has 21 heavy (non-hydrogen) atoms. The molecular weight excluding hydrogens is 266 g/mol. The second-order valence-corrected chi connectivity index (χ2v) is 5.73. The van der Waals surface area contributed by atoms with Crippen LogP contribution in [-0.4, -0.2) is 37.1 Å². The van der Waals surface area contributed by atoms with Crippen molar-refractivity contribution in [2.75, 3.05) is 36.9 Å². The maximum absolute atomic E-state index is 6.07. The lowest BCUT2D eigenvalue weighted by Crippen LogP contribution is -2.49. The minimum atomic E-state index is -0.422. The number of pyridine rings is 1. The minimum Gasteiger partial charge on any atom is -0.398 e. The molecule has 1 spiro atoms. The zero-order valence-electron chi connectivity index (χ0n) is 11.9. The molecule has 5 heteroatoms. The van der Waals surface area contributed by atoms with Crippen LogP contribution in [0.25, 0.3) is 10.8 Å². The fraction of sp³-hybridized carbons (Fsp3) is 0.438. The smallest absolute Gasteiger partial charge is 0.186 e. The third kappa shape index (κ3) is 2.13. The largest absolute Gasteiger partial charge is 0.398 e. The van der Waals surface area contributed by atoms with Gasteiger partial charge in [-0.15, -0.1) is 0 Å². The van der Waals surface area contributed by atoms with Crippen molar-refractivity contribution in [3.63, 3.8) is 0 Å². The molecule has 2 saturated heterocycles. The van der Waals surface area contributed by atoms with E-state index in [1.54, 1.807) is 6.20 Å². The molecule has 0 radical (unpaired) electrons. The first-order chi connectivity index (χ1) is 10.3. The molecule has 3 heterocycles. The van der Waals surface area contributed by atoms with Crippen LogP contribution < -0.4 is 10.6 Å². The Morgan fingerprint density at radius 3 is 2.86 bits per heavy atom. The maximum atomic E-state index is 6.07. The van der Waals surface area contributed by atoms with E-state index in [1.165, 1.54) is 0 Å². The molecule has 2 fully saturated rings. The van der Waals surface area contributed by atoms with Crippen molar-refractivity contribution < 1.29 is 9.47 Å². The molecule has 0 bridgehead atoms. The predicted octanol–water partition coefficient (Wildman–Crippen LogP) is 2.16. The summed E-state index contributed by atoms with van der Waals surface area (Å²) in [6, 6.07) is 6.01. The van der Waals surface area contributed by atoms with E-state index in [4.69, 9.17) is 15.2 Å². The van der Waals surface area contributed by atoms with Gasteiger partial charge >= 0.3 is 0 Å². The standard InChI is InChI=1S/C16H19N3O2/c17-14-2-3-15(13-10-18-6-4-12(13)14)19-7-1-5-16(11-19)20-8-9-21-16/h2-4,6,10H,1,5,7-9,11,17H2. The number of ether oxygens (including phenoxy) is 2. The van der Waals surface area contributed by atoms with Crippen molar-refractivity contribution in [3.8, 4) is 0 Å². The van der Waals surface area contributed by atoms with Gasteiger partial charge in [-0.25, -0.2) is 0 Å². The number of hydrogen-bond acceptors (Lipinski definition) is 5. The van der Waals surface area contributed by atoms with Crippen LogP contribution in [0.3, 0.4) is 0 Å². The number of hydrogen-bond donors (Lipinski definition) is 1. The maximum Gasteiger partial charge on any atom is 0.186 e. The molecular formula is C16H19N3O2. The minimum absolute atomic E-state index is 0.422. The molecule has 0 atom stereocenters. The van der Waals surface area contributed by atoms with E-state index in [9.17, 15) is 0 Å². The average molecular weight is 285 g/mol. The van der Waals surface area contributed by atoms with E-state index in [1.807, 2.05) is 18.3 Å². The van der Waals surface area contributed by atoms with E-state index in [-0.39, 0.29) is 0 Å². The number of nitrogens with zero attached hydrogens (tertiary/aromatic N) is 2. The Bertz CT molecular complexity index is 668. The molecule has 0 aliphatic carbocycles. The quantitative estimate of drug-likeness (QED) is 0.814. The SMILES string of the molecule is Nc1ccc(N2CCCC3(C2)OCCO3)c2cnccc12. The highest BCUT2D eigenvalue weighted by Crippen LogP contribution is 2.36. The summed E-state index contributed by atoms with van der Waals surface area (Å²) in [6.07, 6.45) is 5.70. The van der Waals surface area contributed by atoms with Gasteiger partial charge in [-0.1, -0.05) is 0 Å². The first-order valence-corrected chi connectivity index (χ1v) is 7.43. The van der Waals surface area contributed by atoms with E-state index < -0.39 is 5.79 Å². The van der Waals surface area contributed by atoms with Crippen LogP contribution in [0, 0.1) is 0 Å². The van der Waals surface area contributed by atoms with Crippen molar-refractivity contribution in [1.82, 2.24) is 4.98 Å². The Labute approximate surface area is 123 Å². The van der Waals surface area contributed by atoms with Gasteiger partial charge in [-0.05, 0) is 24.6 Å². The second-order valence-electron chi connectivity index (χ2n) is 5.73. The van der Waals surface area contributed by atoms with Gasteiger partial charge in [0.05, 0.1) is 19.8 Å². The topological polar surface area (TPSA) is 60.6 Å². The summed E-state index contributed by atoms with van der Waals surface area (Å²) < 4.78 is 11.7. The molecule has 1 aromatic heterocycles. The highest BCUT2D eigenvalue weighted by molar-refractivity contribution is 6.00. The summed E-state index contributed by atoms with van der Waals surface area (Å²) >= 11 is 0. The highest BCUT2D eigenvalue weighted by atomic mass is 16.7. The average Bonchev–Trinajstić information content (AvgIpc) is 2.96. The third-order valence-corrected chi connectivity index (χ3v) is 4.40. The van der Waals surface area contributed by atoms with E-state index in [0.717, 1.165) is 48.1 Å². The van der Waals surface area contributed by atoms with Gasteiger partial charge in [0.15, 0.2) is 5.79 Å². The molecule has 2 aliphatic rings. The highest BCUT2D eigenvalue weighted by Gasteiger charge is 2.41. The van der Waals surface area contributed by atoms with Crippen LogP contribution in [0.5, 0.6) is 0 Å². The Balaban J connectivity index is 1.74. The van der Waals surface area contributed by atoms with Gasteiger partial charge in [0.2, 0.25) is 0 Å². The van der Waals surface area contributed by atoms with Gasteiger partial charge in [-0.2, -0.15) is 0 Å². The third-order valence-electron chi connectivity index (χ3n) is 4.40. The number of nitrogen functional groups attached to an aromatic ring is 1. The number of nitrogens with two attached hydrogens (primary N) is 1. The van der Waals surface area contributed by atoms with Crippen molar-refractivity contribution in [2.45, 2.75) is 18.6 Å². The number of anilines is 2. The zero-order chi connectivity index (χ0) is 14.3. The summed E-state index contributed by atoms with van der Waals surface area (Å²) in [5, 5.41) is 2.14. The normalized spacial score (nSPS) is 21.2. The summed E-state index contributed by atoms with van der Waals surface area (Å²) in [5.41, 5.74) is 8.02. The van der Waals surface area contributed by atoms with Crippen LogP contribution in [-0.2, 0) is 9.47 Å². The van der Waals surface area contributed by atoms with Gasteiger partial charge in [0, 0.05) is 47.5 Å². The molecule has 1 aromatic carbocycles. The Morgan fingerprint density at radius 1 is 1.14 bits per heavy atom. The molecule has 2 aromatic rings. The number of rotatable bonds is 1. The second kappa shape index (κ2) is 4.86. The van der Waals surface area contributed by atoms with Crippen molar-refractivity contribution in [3.05, 3.63) is 30.6 Å². The predicted molar refractivity (Wildman–Crippen MR) is 82.2 cm³/mol.